The predicted molar refractivity (Wildman–Crippen MR) is 75.7 cm³/mol. The average molecular weight is 275 g/mol. The highest BCUT2D eigenvalue weighted by Crippen LogP contribution is 2.36. The van der Waals surface area contributed by atoms with Crippen molar-refractivity contribution in [2.75, 3.05) is 22.5 Å². The van der Waals surface area contributed by atoms with Crippen LogP contribution >= 0.6 is 11.6 Å². The molecule has 1 amide bonds. The molecular formula is C13H11ClN4O. The Kier molecular flexibility index (Phi) is 2.76. The molecule has 0 spiro atoms. The maximum atomic E-state index is 11.8. The van der Waals surface area contributed by atoms with Crippen LogP contribution in [0, 0.1) is 0 Å². The number of carbonyl (C=O) groups excluding carboxylic acids is 1. The zero-order chi connectivity index (χ0) is 13.4. The van der Waals surface area contributed by atoms with Gasteiger partial charge in [0.25, 0.3) is 0 Å². The summed E-state index contributed by atoms with van der Waals surface area (Å²) >= 11 is 5.91. The number of hydrogen-bond acceptors (Lipinski definition) is 4. The number of nitrogens with zero attached hydrogens (tertiary/aromatic N) is 2. The molecule has 1 aromatic heterocycles. The molecule has 0 fully saturated rings. The van der Waals surface area contributed by atoms with E-state index >= 15 is 0 Å². The average Bonchev–Trinajstić information content (AvgIpc) is 2.40. The molecule has 2 aromatic rings. The highest BCUT2D eigenvalue weighted by atomic mass is 35.5. The first-order chi connectivity index (χ1) is 9.15. The molecule has 19 heavy (non-hydrogen) atoms. The van der Waals surface area contributed by atoms with Gasteiger partial charge in [-0.15, -0.1) is 0 Å². The molecule has 0 saturated heterocycles. The highest BCUT2D eigenvalue weighted by Gasteiger charge is 2.25. The molecule has 0 bridgehead atoms. The molecule has 0 saturated carbocycles. The number of halogens is 1. The lowest BCUT2D eigenvalue weighted by Crippen LogP contribution is -2.35. The van der Waals surface area contributed by atoms with Crippen LogP contribution in [-0.2, 0) is 4.79 Å². The standard InChI is InChI=1S/C13H11ClN4O/c14-11-6-5-8(15)13(17-11)18-7-12(19)16-9-3-1-2-4-10(9)18/h1-6H,7,15H2,(H,16,19). The minimum absolute atomic E-state index is 0.111. The van der Waals surface area contributed by atoms with Crippen molar-refractivity contribution >= 4 is 40.4 Å². The van der Waals surface area contributed by atoms with E-state index in [2.05, 4.69) is 10.3 Å². The Morgan fingerprint density at radius 3 is 2.89 bits per heavy atom. The summed E-state index contributed by atoms with van der Waals surface area (Å²) in [5, 5.41) is 3.15. The summed E-state index contributed by atoms with van der Waals surface area (Å²) in [5.74, 6) is 0.384. The number of para-hydroxylation sites is 2. The van der Waals surface area contributed by atoms with E-state index in [0.717, 1.165) is 11.4 Å². The Labute approximate surface area is 115 Å². The van der Waals surface area contributed by atoms with Gasteiger partial charge in [0.05, 0.1) is 17.1 Å². The van der Waals surface area contributed by atoms with Crippen LogP contribution in [0.2, 0.25) is 5.15 Å². The number of nitrogens with one attached hydrogen (secondary N) is 1. The van der Waals surface area contributed by atoms with Crippen LogP contribution in [-0.4, -0.2) is 17.4 Å². The van der Waals surface area contributed by atoms with Gasteiger partial charge in [0.2, 0.25) is 5.91 Å². The van der Waals surface area contributed by atoms with Crippen LogP contribution in [0.4, 0.5) is 22.9 Å². The molecule has 2 heterocycles. The summed E-state index contributed by atoms with van der Waals surface area (Å²) in [6, 6.07) is 10.8. The molecule has 96 valence electrons. The fourth-order valence-corrected chi connectivity index (χ4v) is 2.22. The van der Waals surface area contributed by atoms with Crippen molar-refractivity contribution in [2.45, 2.75) is 0 Å². The topological polar surface area (TPSA) is 71.2 Å². The molecule has 3 rings (SSSR count). The number of pyridine rings is 1. The largest absolute Gasteiger partial charge is 0.396 e. The molecule has 3 N–H and O–H groups in total. The van der Waals surface area contributed by atoms with Gasteiger partial charge < -0.3 is 16.0 Å². The highest BCUT2D eigenvalue weighted by molar-refractivity contribution is 6.29. The van der Waals surface area contributed by atoms with Crippen LogP contribution in [0.15, 0.2) is 36.4 Å². The Balaban J connectivity index is 2.15. The number of fused-ring (bicyclic) bond motifs is 1. The van der Waals surface area contributed by atoms with E-state index in [1.165, 1.54) is 0 Å². The van der Waals surface area contributed by atoms with E-state index in [1.54, 1.807) is 17.0 Å². The number of anilines is 4. The van der Waals surface area contributed by atoms with E-state index in [0.29, 0.717) is 16.7 Å². The smallest absolute Gasteiger partial charge is 0.244 e. The third-order valence-corrected chi connectivity index (χ3v) is 3.11. The first-order valence-corrected chi connectivity index (χ1v) is 6.11. The van der Waals surface area contributed by atoms with Crippen molar-refractivity contribution in [2.24, 2.45) is 0 Å². The predicted octanol–water partition coefficient (Wildman–Crippen LogP) is 2.41. The Bertz CT molecular complexity index is 659. The summed E-state index contributed by atoms with van der Waals surface area (Å²) in [7, 11) is 0. The number of rotatable bonds is 1. The Morgan fingerprint density at radius 2 is 2.05 bits per heavy atom. The minimum Gasteiger partial charge on any atom is -0.396 e. The van der Waals surface area contributed by atoms with E-state index in [4.69, 9.17) is 17.3 Å². The van der Waals surface area contributed by atoms with Crippen LogP contribution in [0.5, 0.6) is 0 Å². The van der Waals surface area contributed by atoms with Crippen molar-refractivity contribution in [1.29, 1.82) is 0 Å². The number of aromatic nitrogens is 1. The number of amides is 1. The van der Waals surface area contributed by atoms with Crippen LogP contribution < -0.4 is 16.0 Å². The zero-order valence-corrected chi connectivity index (χ0v) is 10.7. The quantitative estimate of drug-likeness (QED) is 0.784. The Morgan fingerprint density at radius 1 is 1.26 bits per heavy atom. The number of nitrogen functional groups attached to an aromatic ring is 1. The first-order valence-electron chi connectivity index (χ1n) is 5.73. The molecule has 0 aliphatic carbocycles. The normalized spacial score (nSPS) is 13.9. The zero-order valence-electron chi connectivity index (χ0n) is 9.93. The summed E-state index contributed by atoms with van der Waals surface area (Å²) in [5.41, 5.74) is 8.00. The van der Waals surface area contributed by atoms with Crippen molar-refractivity contribution in [1.82, 2.24) is 4.98 Å². The molecule has 1 aliphatic heterocycles. The number of carbonyl (C=O) groups is 1. The summed E-state index contributed by atoms with van der Waals surface area (Å²) in [4.78, 5) is 17.7. The number of benzene rings is 1. The summed E-state index contributed by atoms with van der Waals surface area (Å²) in [6.45, 7) is 0.161. The number of hydrogen-bond donors (Lipinski definition) is 2. The van der Waals surface area contributed by atoms with Gasteiger partial charge in [-0.1, -0.05) is 23.7 Å². The van der Waals surface area contributed by atoms with Crippen LogP contribution in [0.25, 0.3) is 0 Å². The van der Waals surface area contributed by atoms with Crippen molar-refractivity contribution in [3.8, 4) is 0 Å². The second kappa shape index (κ2) is 4.44. The second-order valence-electron chi connectivity index (χ2n) is 4.20. The Hall–Kier alpha value is -2.27. The van der Waals surface area contributed by atoms with Gasteiger partial charge in [0.15, 0.2) is 5.82 Å². The molecule has 5 nitrogen and oxygen atoms in total. The van der Waals surface area contributed by atoms with Gasteiger partial charge >= 0.3 is 0 Å². The molecule has 1 aliphatic rings. The molecule has 0 unspecified atom stereocenters. The lowest BCUT2D eigenvalue weighted by atomic mass is 10.2. The molecular weight excluding hydrogens is 264 g/mol. The van der Waals surface area contributed by atoms with E-state index in [9.17, 15) is 4.79 Å². The van der Waals surface area contributed by atoms with Crippen LogP contribution in [0.1, 0.15) is 0 Å². The molecule has 0 atom stereocenters. The SMILES string of the molecule is Nc1ccc(Cl)nc1N1CC(=O)Nc2ccccc21. The summed E-state index contributed by atoms with van der Waals surface area (Å²) < 4.78 is 0. The third-order valence-electron chi connectivity index (χ3n) is 2.90. The van der Waals surface area contributed by atoms with E-state index in [-0.39, 0.29) is 12.5 Å². The van der Waals surface area contributed by atoms with Gasteiger partial charge in [-0.2, -0.15) is 0 Å². The van der Waals surface area contributed by atoms with Crippen molar-refractivity contribution < 1.29 is 4.79 Å². The van der Waals surface area contributed by atoms with Crippen molar-refractivity contribution in [3.05, 3.63) is 41.6 Å². The van der Waals surface area contributed by atoms with E-state index < -0.39 is 0 Å². The maximum absolute atomic E-state index is 11.8. The lowest BCUT2D eigenvalue weighted by Gasteiger charge is -2.30. The van der Waals surface area contributed by atoms with Gasteiger partial charge in [0.1, 0.15) is 11.7 Å². The lowest BCUT2D eigenvalue weighted by molar-refractivity contribution is -0.115. The molecule has 0 radical (unpaired) electrons. The van der Waals surface area contributed by atoms with Crippen molar-refractivity contribution in [3.63, 3.8) is 0 Å². The van der Waals surface area contributed by atoms with Gasteiger partial charge in [0, 0.05) is 0 Å². The second-order valence-corrected chi connectivity index (χ2v) is 4.59. The number of nitrogens with two attached hydrogens (primary N) is 1. The fourth-order valence-electron chi connectivity index (χ4n) is 2.07. The molecule has 1 aromatic carbocycles. The summed E-state index contributed by atoms with van der Waals surface area (Å²) in [6.07, 6.45) is 0. The van der Waals surface area contributed by atoms with Crippen LogP contribution in [0.3, 0.4) is 0 Å². The van der Waals surface area contributed by atoms with Gasteiger partial charge in [-0.3, -0.25) is 4.79 Å². The fraction of sp³-hybridized carbons (Fsp3) is 0.0769. The molecule has 6 heteroatoms. The third kappa shape index (κ3) is 2.08. The maximum Gasteiger partial charge on any atom is 0.244 e. The monoisotopic (exact) mass is 274 g/mol. The minimum atomic E-state index is -0.111. The van der Waals surface area contributed by atoms with Gasteiger partial charge in [-0.25, -0.2) is 4.98 Å². The van der Waals surface area contributed by atoms with E-state index in [1.807, 2.05) is 24.3 Å². The first kappa shape index (κ1) is 11.8. The van der Waals surface area contributed by atoms with Gasteiger partial charge in [-0.05, 0) is 24.3 Å².